The number of piperidine rings is 1. The van der Waals surface area contributed by atoms with E-state index in [9.17, 15) is 26.4 Å². The number of rotatable bonds is 9. The van der Waals surface area contributed by atoms with E-state index in [0.717, 1.165) is 56.2 Å². The number of alkyl halides is 3. The first kappa shape index (κ1) is 35.2. The summed E-state index contributed by atoms with van der Waals surface area (Å²) in [4.78, 5) is 18.2. The summed E-state index contributed by atoms with van der Waals surface area (Å²) in [7, 11) is -4.06. The third kappa shape index (κ3) is 8.03. The first-order valence-electron chi connectivity index (χ1n) is 17.7. The summed E-state index contributed by atoms with van der Waals surface area (Å²) in [5.41, 5.74) is 6.19. The fourth-order valence-corrected chi connectivity index (χ4v) is 9.76. The molecule has 264 valence electrons. The number of nitrogens with two attached hydrogens (primary N) is 1. The molecule has 2 N–H and O–H groups in total. The van der Waals surface area contributed by atoms with Gasteiger partial charge in [0.05, 0.1) is 17.1 Å². The highest BCUT2D eigenvalue weighted by Gasteiger charge is 2.45. The molecule has 2 aromatic rings. The molecule has 2 saturated carbocycles. The van der Waals surface area contributed by atoms with E-state index in [0.29, 0.717) is 50.8 Å². The minimum absolute atomic E-state index is 0.00186. The lowest BCUT2D eigenvalue weighted by Gasteiger charge is -2.46. The molecule has 4 fully saturated rings. The van der Waals surface area contributed by atoms with E-state index in [1.165, 1.54) is 23.6 Å². The van der Waals surface area contributed by atoms with Gasteiger partial charge in [-0.3, -0.25) is 9.69 Å². The summed E-state index contributed by atoms with van der Waals surface area (Å²) >= 11 is 0. The van der Waals surface area contributed by atoms with Crippen molar-refractivity contribution in [3.05, 3.63) is 59.7 Å². The molecule has 48 heavy (non-hydrogen) atoms. The number of carbonyl (C=O) groups is 1. The zero-order chi connectivity index (χ0) is 33.9. The van der Waals surface area contributed by atoms with E-state index in [4.69, 9.17) is 10.5 Å². The van der Waals surface area contributed by atoms with Gasteiger partial charge in [-0.25, -0.2) is 8.42 Å². The van der Waals surface area contributed by atoms with Crippen molar-refractivity contribution >= 4 is 15.9 Å². The number of halogens is 3. The lowest BCUT2D eigenvalue weighted by atomic mass is 9.88. The van der Waals surface area contributed by atoms with Crippen molar-refractivity contribution in [1.29, 1.82) is 0 Å². The molecule has 2 heterocycles. The molecule has 0 spiro atoms. The molecule has 1 amide bonds. The first-order valence-corrected chi connectivity index (χ1v) is 19.1. The highest BCUT2D eigenvalue weighted by atomic mass is 32.2. The van der Waals surface area contributed by atoms with Crippen LogP contribution in [0.15, 0.2) is 53.4 Å². The normalized spacial score (nSPS) is 23.8. The maximum Gasteiger partial charge on any atom is 0.416 e. The second kappa shape index (κ2) is 15.1. The van der Waals surface area contributed by atoms with E-state index >= 15 is 0 Å². The number of carbonyl (C=O) groups excluding carboxylic acids is 1. The molecule has 0 radical (unpaired) electrons. The van der Waals surface area contributed by atoms with Crippen LogP contribution in [0.25, 0.3) is 0 Å². The van der Waals surface area contributed by atoms with E-state index in [-0.39, 0.29) is 41.9 Å². The molecule has 0 aromatic heterocycles. The number of amides is 1. The summed E-state index contributed by atoms with van der Waals surface area (Å²) in [5.74, 6) is 1.10. The summed E-state index contributed by atoms with van der Waals surface area (Å²) < 4.78 is 76.1. The fraction of sp³-hybridized carbons (Fsp3) is 0.639. The summed E-state index contributed by atoms with van der Waals surface area (Å²) in [6.45, 7) is 2.15. The Hall–Kier alpha value is -2.67. The predicted octanol–water partition coefficient (Wildman–Crippen LogP) is 6.22. The van der Waals surface area contributed by atoms with Gasteiger partial charge in [0.2, 0.25) is 15.9 Å². The van der Waals surface area contributed by atoms with Crippen molar-refractivity contribution in [2.75, 3.05) is 39.3 Å². The van der Waals surface area contributed by atoms with Gasteiger partial charge < -0.3 is 15.4 Å². The van der Waals surface area contributed by atoms with Gasteiger partial charge in [-0.2, -0.15) is 17.5 Å². The van der Waals surface area contributed by atoms with Crippen molar-refractivity contribution in [1.82, 2.24) is 14.1 Å². The maximum absolute atomic E-state index is 14.3. The molecule has 8 nitrogen and oxygen atoms in total. The van der Waals surface area contributed by atoms with Gasteiger partial charge >= 0.3 is 6.18 Å². The summed E-state index contributed by atoms with van der Waals surface area (Å²) in [5, 5.41) is 0. The number of likely N-dealkylation sites (tertiary alicyclic amines) is 1. The lowest BCUT2D eigenvalue weighted by Crippen LogP contribution is -2.62. The molecule has 1 unspecified atom stereocenters. The second-order valence-electron chi connectivity index (χ2n) is 14.2. The monoisotopic (exact) mass is 690 g/mol. The molecule has 2 aliphatic heterocycles. The zero-order valence-electron chi connectivity index (χ0n) is 27.6. The van der Waals surface area contributed by atoms with Gasteiger partial charge in [-0.1, -0.05) is 44.2 Å². The van der Waals surface area contributed by atoms with Gasteiger partial charge in [0, 0.05) is 44.8 Å². The third-order valence-electron chi connectivity index (χ3n) is 11.0. The SMILES string of the molecule is NC1CCN(C(=O)[C@@H]2CN(C(c3ccc(C(F)(F)F)cc3)C3CCCC3)CCN2S(=O)(=O)c2ccc(OCC3CCCCC3)cc2)CC1. The van der Waals surface area contributed by atoms with Crippen LogP contribution in [-0.2, 0) is 21.0 Å². The van der Waals surface area contributed by atoms with Crippen molar-refractivity contribution in [3.8, 4) is 5.75 Å². The van der Waals surface area contributed by atoms with Crippen LogP contribution in [0.3, 0.4) is 0 Å². The Morgan fingerprint density at radius 2 is 1.46 bits per heavy atom. The standard InChI is InChI=1S/C36H49F3N4O4S/c37-36(38,39)29-12-10-28(11-13-29)34(27-8-4-5-9-27)42-22-23-43(33(24-42)35(44)41-20-18-30(40)19-21-41)48(45,46)32-16-14-31(15-17-32)47-25-26-6-2-1-3-7-26/h10-17,26-27,30,33-34H,1-9,18-25,40H2/t33-,34?/m0/s1. The molecule has 2 aromatic carbocycles. The fourth-order valence-electron chi connectivity index (χ4n) is 8.19. The minimum atomic E-state index is -4.43. The van der Waals surface area contributed by atoms with E-state index in [2.05, 4.69) is 4.90 Å². The average Bonchev–Trinajstić information content (AvgIpc) is 3.62. The van der Waals surface area contributed by atoms with Crippen LogP contribution in [0.4, 0.5) is 13.2 Å². The molecule has 2 saturated heterocycles. The van der Waals surface area contributed by atoms with Crippen molar-refractivity contribution in [2.24, 2.45) is 17.6 Å². The Bertz CT molecular complexity index is 1470. The van der Waals surface area contributed by atoms with Crippen LogP contribution in [-0.4, -0.2) is 79.8 Å². The van der Waals surface area contributed by atoms with Crippen LogP contribution >= 0.6 is 0 Å². The van der Waals surface area contributed by atoms with Gasteiger partial charge in [0.1, 0.15) is 11.8 Å². The average molecular weight is 691 g/mol. The smallest absolute Gasteiger partial charge is 0.416 e. The maximum atomic E-state index is 14.3. The van der Waals surface area contributed by atoms with Gasteiger partial charge in [-0.05, 0) is 92.3 Å². The van der Waals surface area contributed by atoms with Crippen LogP contribution < -0.4 is 10.5 Å². The van der Waals surface area contributed by atoms with E-state index in [1.54, 1.807) is 41.3 Å². The Labute approximate surface area is 282 Å². The highest BCUT2D eigenvalue weighted by Crippen LogP contribution is 2.42. The van der Waals surface area contributed by atoms with Crippen LogP contribution in [0.1, 0.15) is 87.8 Å². The van der Waals surface area contributed by atoms with Crippen molar-refractivity contribution in [2.45, 2.75) is 99.8 Å². The Kier molecular flexibility index (Phi) is 11.0. The van der Waals surface area contributed by atoms with Gasteiger partial charge in [0.15, 0.2) is 0 Å². The number of benzene rings is 2. The second-order valence-corrected chi connectivity index (χ2v) is 16.1. The Morgan fingerprint density at radius 1 is 0.833 bits per heavy atom. The minimum Gasteiger partial charge on any atom is -0.493 e. The molecular weight excluding hydrogens is 641 g/mol. The number of hydrogen-bond acceptors (Lipinski definition) is 6. The summed E-state index contributed by atoms with van der Waals surface area (Å²) in [6, 6.07) is 10.7. The molecular formula is C36H49F3N4O4S. The van der Waals surface area contributed by atoms with Crippen LogP contribution in [0, 0.1) is 11.8 Å². The molecule has 0 bridgehead atoms. The first-order chi connectivity index (χ1) is 23.0. The lowest BCUT2D eigenvalue weighted by molar-refractivity contribution is -0.139. The molecule has 2 atom stereocenters. The van der Waals surface area contributed by atoms with Crippen LogP contribution in [0.2, 0.25) is 0 Å². The highest BCUT2D eigenvalue weighted by molar-refractivity contribution is 7.89. The molecule has 12 heteroatoms. The van der Waals surface area contributed by atoms with E-state index < -0.39 is 27.8 Å². The zero-order valence-corrected chi connectivity index (χ0v) is 28.4. The number of nitrogens with zero attached hydrogens (tertiary/aromatic N) is 3. The topological polar surface area (TPSA) is 96.2 Å². The van der Waals surface area contributed by atoms with E-state index in [1.807, 2.05) is 0 Å². The van der Waals surface area contributed by atoms with Crippen molar-refractivity contribution in [3.63, 3.8) is 0 Å². The Morgan fingerprint density at radius 3 is 2.08 bits per heavy atom. The third-order valence-corrected chi connectivity index (χ3v) is 12.9. The molecule has 4 aliphatic rings. The number of sulfonamides is 1. The number of piperazine rings is 1. The molecule has 2 aliphatic carbocycles. The largest absolute Gasteiger partial charge is 0.493 e. The molecule has 6 rings (SSSR count). The summed E-state index contributed by atoms with van der Waals surface area (Å²) in [6.07, 6.45) is 6.79. The quantitative estimate of drug-likeness (QED) is 0.336. The van der Waals surface area contributed by atoms with Gasteiger partial charge in [-0.15, -0.1) is 0 Å². The number of ether oxygens (including phenoxy) is 1. The van der Waals surface area contributed by atoms with Crippen LogP contribution in [0.5, 0.6) is 5.75 Å². The van der Waals surface area contributed by atoms with Gasteiger partial charge in [0.25, 0.3) is 0 Å². The predicted molar refractivity (Wildman–Crippen MR) is 178 cm³/mol. The Balaban J connectivity index is 1.25. The van der Waals surface area contributed by atoms with Crippen molar-refractivity contribution < 1.29 is 31.1 Å². The number of hydrogen-bond donors (Lipinski definition) is 1.